The summed E-state index contributed by atoms with van der Waals surface area (Å²) in [6, 6.07) is 14.2. The maximum atomic E-state index is 11.3. The molecule has 0 saturated heterocycles. The first-order chi connectivity index (χ1) is 12.6. The number of carbonyl (C=O) groups excluding carboxylic acids is 1. The van der Waals surface area contributed by atoms with E-state index < -0.39 is 0 Å². The molecule has 0 spiro atoms. The highest BCUT2D eigenvalue weighted by molar-refractivity contribution is 6.30. The van der Waals surface area contributed by atoms with E-state index in [9.17, 15) is 4.79 Å². The van der Waals surface area contributed by atoms with E-state index in [-0.39, 0.29) is 12.3 Å². The summed E-state index contributed by atoms with van der Waals surface area (Å²) in [5.41, 5.74) is 0.876. The Morgan fingerprint density at radius 1 is 1.04 bits per heavy atom. The van der Waals surface area contributed by atoms with Crippen LogP contribution in [0.15, 0.2) is 42.5 Å². The number of benzene rings is 2. The third kappa shape index (κ3) is 6.83. The number of nitrogens with one attached hydrogen (secondary N) is 1. The number of nitrogens with zero attached hydrogens (tertiary/aromatic N) is 1. The van der Waals surface area contributed by atoms with E-state index in [2.05, 4.69) is 5.32 Å². The van der Waals surface area contributed by atoms with Crippen molar-refractivity contribution < 1.29 is 14.3 Å². The number of hydrogen-bond donors (Lipinski definition) is 1. The van der Waals surface area contributed by atoms with Crippen LogP contribution in [0.1, 0.15) is 12.0 Å². The highest BCUT2D eigenvalue weighted by atomic mass is 35.5. The van der Waals surface area contributed by atoms with Gasteiger partial charge in [0, 0.05) is 16.6 Å². The van der Waals surface area contributed by atoms with Gasteiger partial charge in [0.1, 0.15) is 31.1 Å². The highest BCUT2D eigenvalue weighted by Crippen LogP contribution is 2.23. The van der Waals surface area contributed by atoms with Gasteiger partial charge in [-0.2, -0.15) is 5.26 Å². The van der Waals surface area contributed by atoms with Crippen molar-refractivity contribution in [3.63, 3.8) is 0 Å². The zero-order valence-corrected chi connectivity index (χ0v) is 15.5. The Balaban J connectivity index is 1.83. The van der Waals surface area contributed by atoms with Gasteiger partial charge >= 0.3 is 0 Å². The lowest BCUT2D eigenvalue weighted by molar-refractivity contribution is -0.120. The predicted molar refractivity (Wildman–Crippen MR) is 101 cm³/mol. The van der Waals surface area contributed by atoms with Crippen LogP contribution in [0, 0.1) is 11.3 Å². The zero-order chi connectivity index (χ0) is 18.8. The van der Waals surface area contributed by atoms with E-state index in [1.165, 1.54) is 0 Å². The quantitative estimate of drug-likeness (QED) is 0.654. The summed E-state index contributed by atoms with van der Waals surface area (Å²) in [4.78, 5) is 11.3. The van der Waals surface area contributed by atoms with Gasteiger partial charge in [0.2, 0.25) is 5.91 Å². The molecule has 0 saturated carbocycles. The maximum absolute atomic E-state index is 11.3. The summed E-state index contributed by atoms with van der Waals surface area (Å²) in [6.07, 6.45) is 0.395. The van der Waals surface area contributed by atoms with Crippen LogP contribution in [0.5, 0.6) is 11.5 Å². The standard InChI is InChI=1S/C19H18Cl2N2O3/c20-15-1-4-17(5-2-15)25-11-12-26-18-6-3-16(21)13-14(18)8-10-23-19(24)7-9-22/h1-6,13H,7-8,10-12H2,(H,23,24). The van der Waals surface area contributed by atoms with Gasteiger partial charge in [0.05, 0.1) is 6.07 Å². The Hall–Kier alpha value is -2.42. The molecule has 0 atom stereocenters. The van der Waals surface area contributed by atoms with E-state index in [0.29, 0.717) is 42.0 Å². The summed E-state index contributed by atoms with van der Waals surface area (Å²) in [7, 11) is 0. The van der Waals surface area contributed by atoms with Crippen molar-refractivity contribution in [3.05, 3.63) is 58.1 Å². The fraction of sp³-hybridized carbons (Fsp3) is 0.263. The van der Waals surface area contributed by atoms with Crippen molar-refractivity contribution in [1.82, 2.24) is 5.32 Å². The Labute approximate surface area is 162 Å². The van der Waals surface area contributed by atoms with Gasteiger partial charge in [-0.05, 0) is 54.4 Å². The molecule has 2 rings (SSSR count). The Morgan fingerprint density at radius 3 is 2.46 bits per heavy atom. The number of rotatable bonds is 9. The number of ether oxygens (including phenoxy) is 2. The van der Waals surface area contributed by atoms with Gasteiger partial charge in [-0.3, -0.25) is 4.79 Å². The Morgan fingerprint density at radius 2 is 1.73 bits per heavy atom. The normalized spacial score (nSPS) is 10.0. The molecular weight excluding hydrogens is 375 g/mol. The van der Waals surface area contributed by atoms with Gasteiger partial charge in [0.25, 0.3) is 0 Å². The summed E-state index contributed by atoms with van der Waals surface area (Å²) in [5.74, 6) is 1.10. The molecule has 0 bridgehead atoms. The lowest BCUT2D eigenvalue weighted by Gasteiger charge is -2.13. The summed E-state index contributed by atoms with van der Waals surface area (Å²) in [6.45, 7) is 1.14. The van der Waals surface area contributed by atoms with Crippen LogP contribution >= 0.6 is 23.2 Å². The molecule has 0 aliphatic heterocycles. The summed E-state index contributed by atoms with van der Waals surface area (Å²) >= 11 is 11.9. The molecule has 2 aromatic carbocycles. The van der Waals surface area contributed by atoms with Crippen molar-refractivity contribution in [3.8, 4) is 17.6 Å². The third-order valence-corrected chi connectivity index (χ3v) is 3.89. The van der Waals surface area contributed by atoms with E-state index in [1.54, 1.807) is 42.5 Å². The molecular formula is C19H18Cl2N2O3. The van der Waals surface area contributed by atoms with Crippen molar-refractivity contribution in [2.24, 2.45) is 0 Å². The molecule has 5 nitrogen and oxygen atoms in total. The second-order valence-corrected chi connectivity index (χ2v) is 6.21. The Bertz CT molecular complexity index is 773. The molecule has 2 aromatic rings. The molecule has 1 amide bonds. The van der Waals surface area contributed by atoms with E-state index in [4.69, 9.17) is 37.9 Å². The molecule has 1 N–H and O–H groups in total. The molecule has 0 unspecified atom stereocenters. The van der Waals surface area contributed by atoms with Crippen LogP contribution in [0.2, 0.25) is 10.0 Å². The average Bonchev–Trinajstić information content (AvgIpc) is 2.62. The first-order valence-electron chi connectivity index (χ1n) is 8.01. The monoisotopic (exact) mass is 392 g/mol. The number of hydrogen-bond acceptors (Lipinski definition) is 4. The lowest BCUT2D eigenvalue weighted by Crippen LogP contribution is -2.25. The van der Waals surface area contributed by atoms with Crippen LogP contribution < -0.4 is 14.8 Å². The first kappa shape index (κ1) is 19.9. The lowest BCUT2D eigenvalue weighted by atomic mass is 10.1. The second-order valence-electron chi connectivity index (χ2n) is 5.34. The Kier molecular flexibility index (Phi) is 8.07. The van der Waals surface area contributed by atoms with Gasteiger partial charge in [-0.15, -0.1) is 0 Å². The van der Waals surface area contributed by atoms with Gasteiger partial charge < -0.3 is 14.8 Å². The topological polar surface area (TPSA) is 71.4 Å². The fourth-order valence-corrected chi connectivity index (χ4v) is 2.52. The van der Waals surface area contributed by atoms with Crippen molar-refractivity contribution in [1.29, 1.82) is 5.26 Å². The molecule has 26 heavy (non-hydrogen) atoms. The smallest absolute Gasteiger partial charge is 0.234 e. The fourth-order valence-electron chi connectivity index (χ4n) is 2.20. The average molecular weight is 393 g/mol. The maximum Gasteiger partial charge on any atom is 0.234 e. The van der Waals surface area contributed by atoms with Crippen LogP contribution in [0.25, 0.3) is 0 Å². The third-order valence-electron chi connectivity index (χ3n) is 3.40. The number of nitriles is 1. The van der Waals surface area contributed by atoms with Crippen molar-refractivity contribution in [2.45, 2.75) is 12.8 Å². The van der Waals surface area contributed by atoms with Crippen LogP contribution in [-0.2, 0) is 11.2 Å². The molecule has 7 heteroatoms. The number of amides is 1. The predicted octanol–water partition coefficient (Wildman–Crippen LogP) is 4.02. The largest absolute Gasteiger partial charge is 0.490 e. The van der Waals surface area contributed by atoms with E-state index in [0.717, 1.165) is 11.3 Å². The van der Waals surface area contributed by atoms with Gasteiger partial charge in [0.15, 0.2) is 0 Å². The van der Waals surface area contributed by atoms with E-state index in [1.807, 2.05) is 6.07 Å². The minimum atomic E-state index is -0.298. The first-order valence-corrected chi connectivity index (χ1v) is 8.77. The van der Waals surface area contributed by atoms with Crippen molar-refractivity contribution >= 4 is 29.1 Å². The minimum Gasteiger partial charge on any atom is -0.490 e. The number of halogens is 2. The van der Waals surface area contributed by atoms with Crippen molar-refractivity contribution in [2.75, 3.05) is 19.8 Å². The van der Waals surface area contributed by atoms with Crippen LogP contribution in [0.4, 0.5) is 0 Å². The highest BCUT2D eigenvalue weighted by Gasteiger charge is 2.07. The summed E-state index contributed by atoms with van der Waals surface area (Å²) in [5, 5.41) is 12.4. The van der Waals surface area contributed by atoms with Gasteiger partial charge in [-0.25, -0.2) is 0 Å². The minimum absolute atomic E-state index is 0.152. The molecule has 136 valence electrons. The summed E-state index contributed by atoms with van der Waals surface area (Å²) < 4.78 is 11.4. The van der Waals surface area contributed by atoms with Crippen LogP contribution in [0.3, 0.4) is 0 Å². The SMILES string of the molecule is N#CCC(=O)NCCc1cc(Cl)ccc1OCCOc1ccc(Cl)cc1. The number of carbonyl (C=O) groups is 1. The van der Waals surface area contributed by atoms with Gasteiger partial charge in [-0.1, -0.05) is 23.2 Å². The van der Waals surface area contributed by atoms with Crippen LogP contribution in [-0.4, -0.2) is 25.7 Å². The molecule has 0 aromatic heterocycles. The molecule has 0 aliphatic rings. The molecule has 0 aliphatic carbocycles. The molecule has 0 fully saturated rings. The second kappa shape index (κ2) is 10.5. The molecule has 0 heterocycles. The zero-order valence-electron chi connectivity index (χ0n) is 14.0. The van der Waals surface area contributed by atoms with E-state index >= 15 is 0 Å². The molecule has 0 radical (unpaired) electrons.